The van der Waals surface area contributed by atoms with Crippen molar-refractivity contribution in [1.82, 2.24) is 29.7 Å². The van der Waals surface area contributed by atoms with Gasteiger partial charge in [0.15, 0.2) is 28.8 Å². The number of methoxy groups -OCH3 is 1. The van der Waals surface area contributed by atoms with Gasteiger partial charge in [-0.3, -0.25) is 0 Å². The molecule has 2 atom stereocenters. The van der Waals surface area contributed by atoms with Crippen LogP contribution in [0.5, 0.6) is 5.75 Å². The number of halogens is 4. The number of hydrogen-bond acceptors (Lipinski definition) is 10. The van der Waals surface area contributed by atoms with Crippen LogP contribution in [0.15, 0.2) is 30.9 Å². The average Bonchev–Trinajstić information content (AvgIpc) is 3.33. The molecule has 0 aliphatic carbocycles. The number of nitrogens with two attached hydrogens (primary N) is 2. The maximum Gasteiger partial charge on any atom is 0.265 e. The van der Waals surface area contributed by atoms with Crippen LogP contribution in [0.1, 0.15) is 18.4 Å². The van der Waals surface area contributed by atoms with E-state index in [1.807, 2.05) is 0 Å². The summed E-state index contributed by atoms with van der Waals surface area (Å²) in [5.41, 5.74) is 11.6. The van der Waals surface area contributed by atoms with Gasteiger partial charge in [-0.15, -0.1) is 10.2 Å². The number of imidazole rings is 1. The number of nitrogen functional groups attached to an aromatic ring is 1. The molecule has 1 unspecified atom stereocenters. The van der Waals surface area contributed by atoms with Gasteiger partial charge in [-0.05, 0) is 25.0 Å². The monoisotopic (exact) mass is 547 g/mol. The molecule has 1 fully saturated rings. The van der Waals surface area contributed by atoms with Gasteiger partial charge in [0, 0.05) is 30.3 Å². The van der Waals surface area contributed by atoms with Crippen molar-refractivity contribution in [2.75, 3.05) is 30.8 Å². The van der Waals surface area contributed by atoms with Crippen LogP contribution in [0.2, 0.25) is 0 Å². The first-order chi connectivity index (χ1) is 18.6. The zero-order valence-corrected chi connectivity index (χ0v) is 20.7. The number of anilines is 2. The molecule has 1 aliphatic rings. The van der Waals surface area contributed by atoms with Gasteiger partial charge in [-0.1, -0.05) is 0 Å². The number of fused-ring (bicyclic) bond motifs is 1. The Labute approximate surface area is 219 Å². The van der Waals surface area contributed by atoms with Crippen molar-refractivity contribution in [3.63, 3.8) is 0 Å². The molecule has 1 aliphatic heterocycles. The molecular weight excluding hydrogens is 522 g/mol. The van der Waals surface area contributed by atoms with E-state index in [-0.39, 0.29) is 48.2 Å². The summed E-state index contributed by atoms with van der Waals surface area (Å²) in [6.45, 7) is 0.336. The molecule has 5 N–H and O–H groups in total. The maximum atomic E-state index is 14.9. The topological polar surface area (TPSA) is 154 Å². The molecule has 0 bridgehead atoms. The highest BCUT2D eigenvalue weighted by Crippen LogP contribution is 2.33. The van der Waals surface area contributed by atoms with Gasteiger partial charge in [0.05, 0.1) is 31.2 Å². The van der Waals surface area contributed by atoms with Crippen molar-refractivity contribution in [3.8, 4) is 17.0 Å². The Hall–Kier alpha value is -4.11. The number of nitrogens with zero attached hydrogens (tertiary/aromatic N) is 7. The molecule has 39 heavy (non-hydrogen) atoms. The van der Waals surface area contributed by atoms with Crippen molar-refractivity contribution in [1.29, 1.82) is 0 Å². The summed E-state index contributed by atoms with van der Waals surface area (Å²) >= 11 is 0. The number of piperidine rings is 1. The molecule has 0 saturated carbocycles. The number of hydrogen-bond donors (Lipinski definition) is 3. The molecule has 4 aromatic rings. The van der Waals surface area contributed by atoms with E-state index in [0.29, 0.717) is 29.7 Å². The van der Waals surface area contributed by atoms with E-state index < -0.39 is 29.7 Å². The quantitative estimate of drug-likeness (QED) is 0.293. The number of rotatable bonds is 7. The van der Waals surface area contributed by atoms with Gasteiger partial charge in [0.1, 0.15) is 23.8 Å². The van der Waals surface area contributed by atoms with Crippen LogP contribution in [0.25, 0.3) is 22.4 Å². The average molecular weight is 548 g/mol. The Bertz CT molecular complexity index is 1520. The summed E-state index contributed by atoms with van der Waals surface area (Å²) in [4.78, 5) is 14.1. The van der Waals surface area contributed by atoms with Gasteiger partial charge < -0.3 is 30.8 Å². The first-order valence-corrected chi connectivity index (χ1v) is 11.9. The lowest BCUT2D eigenvalue weighted by molar-refractivity contribution is -0.0530. The van der Waals surface area contributed by atoms with Gasteiger partial charge in [0.2, 0.25) is 0 Å². The van der Waals surface area contributed by atoms with E-state index in [4.69, 9.17) is 16.2 Å². The number of benzene rings is 1. The molecule has 0 spiro atoms. The van der Waals surface area contributed by atoms with E-state index in [1.54, 1.807) is 9.47 Å². The van der Waals surface area contributed by atoms with E-state index in [1.165, 1.54) is 25.8 Å². The van der Waals surface area contributed by atoms with Gasteiger partial charge in [-0.25, -0.2) is 32.5 Å². The summed E-state index contributed by atoms with van der Waals surface area (Å²) in [5, 5.41) is 18.5. The van der Waals surface area contributed by atoms with Gasteiger partial charge >= 0.3 is 0 Å². The standard InChI is InChI=1S/C24H25F4N9O2/c1-39-17-7-14(25)13(6-15(17)26)16-5-12(8-37-11-33-18-21(29)31-10-32-23(18)37)22(35-34-16)36-4-2-3-24(30,9-36)19(38)20(27)28/h5-7,10-11,19-20,38H,2-4,8-9,30H2,1H3,(H2,29,31,32)/t19?,24-/m1/s1. The molecule has 5 rings (SSSR count). The van der Waals surface area contributed by atoms with Gasteiger partial charge in [-0.2, -0.15) is 0 Å². The first kappa shape index (κ1) is 26.5. The van der Waals surface area contributed by atoms with E-state index in [0.717, 1.165) is 12.1 Å². The predicted molar refractivity (Wildman–Crippen MR) is 133 cm³/mol. The van der Waals surface area contributed by atoms with Crippen molar-refractivity contribution in [2.45, 2.75) is 37.5 Å². The zero-order chi connectivity index (χ0) is 27.9. The molecule has 1 saturated heterocycles. The van der Waals surface area contributed by atoms with E-state index in [9.17, 15) is 22.7 Å². The van der Waals surface area contributed by atoms with Crippen molar-refractivity contribution in [3.05, 3.63) is 48.1 Å². The van der Waals surface area contributed by atoms with Crippen LogP contribution in [0, 0.1) is 11.6 Å². The summed E-state index contributed by atoms with van der Waals surface area (Å²) in [5.74, 6) is -1.40. The molecule has 4 heterocycles. The highest BCUT2D eigenvalue weighted by atomic mass is 19.3. The van der Waals surface area contributed by atoms with Crippen LogP contribution in [0.3, 0.4) is 0 Å². The smallest absolute Gasteiger partial charge is 0.265 e. The lowest BCUT2D eigenvalue weighted by atomic mass is 9.84. The number of ether oxygens (including phenoxy) is 1. The second kappa shape index (κ2) is 10.2. The molecule has 11 nitrogen and oxygen atoms in total. The third kappa shape index (κ3) is 4.90. The molecule has 206 valence electrons. The Morgan fingerprint density at radius 2 is 1.92 bits per heavy atom. The lowest BCUT2D eigenvalue weighted by Gasteiger charge is -2.43. The molecule has 0 radical (unpaired) electrons. The first-order valence-electron chi connectivity index (χ1n) is 11.9. The number of alkyl halides is 2. The fourth-order valence-electron chi connectivity index (χ4n) is 4.80. The Balaban J connectivity index is 1.60. The largest absolute Gasteiger partial charge is 0.494 e. The van der Waals surface area contributed by atoms with Crippen molar-refractivity contribution < 1.29 is 27.4 Å². The fourth-order valence-corrected chi connectivity index (χ4v) is 4.80. The Kier molecular flexibility index (Phi) is 6.94. The molecular formula is C24H25F4N9O2. The molecule has 1 aromatic carbocycles. The fraction of sp³-hybridized carbons (Fsp3) is 0.375. The van der Waals surface area contributed by atoms with E-state index >= 15 is 0 Å². The number of aliphatic hydroxyl groups excluding tert-OH is 1. The van der Waals surface area contributed by atoms with E-state index in [2.05, 4.69) is 25.1 Å². The minimum atomic E-state index is -3.03. The van der Waals surface area contributed by atoms with Crippen LogP contribution >= 0.6 is 0 Å². The number of aromatic nitrogens is 6. The highest BCUT2D eigenvalue weighted by Gasteiger charge is 2.43. The van der Waals surface area contributed by atoms with Crippen LogP contribution in [-0.2, 0) is 6.54 Å². The minimum absolute atomic E-state index is 0.0231. The lowest BCUT2D eigenvalue weighted by Crippen LogP contribution is -2.63. The summed E-state index contributed by atoms with van der Waals surface area (Å²) in [6, 6.07) is 3.37. The van der Waals surface area contributed by atoms with Crippen molar-refractivity contribution >= 4 is 22.8 Å². The van der Waals surface area contributed by atoms with Crippen LogP contribution < -0.4 is 21.1 Å². The second-order valence-electron chi connectivity index (χ2n) is 9.39. The predicted octanol–water partition coefficient (Wildman–Crippen LogP) is 2.12. The Morgan fingerprint density at radius 3 is 2.67 bits per heavy atom. The number of aliphatic hydroxyl groups is 1. The second-order valence-corrected chi connectivity index (χ2v) is 9.39. The minimum Gasteiger partial charge on any atom is -0.494 e. The summed E-state index contributed by atoms with van der Waals surface area (Å²) < 4.78 is 62.6. The molecule has 15 heteroatoms. The third-order valence-electron chi connectivity index (χ3n) is 6.82. The Morgan fingerprint density at radius 1 is 1.13 bits per heavy atom. The third-order valence-corrected chi connectivity index (χ3v) is 6.82. The van der Waals surface area contributed by atoms with Crippen LogP contribution in [-0.4, -0.2) is 73.1 Å². The summed E-state index contributed by atoms with van der Waals surface area (Å²) in [6.07, 6.45) is -1.74. The SMILES string of the molecule is COc1cc(F)c(-c2cc(Cn3cnc4c(N)ncnc43)c(N3CCC[C@](N)(C(O)C(F)F)C3)nn2)cc1F. The normalized spacial score (nSPS) is 18.6. The molecule has 0 amide bonds. The zero-order valence-electron chi connectivity index (χ0n) is 20.7. The van der Waals surface area contributed by atoms with Gasteiger partial charge in [0.25, 0.3) is 6.43 Å². The molecule has 3 aromatic heterocycles. The van der Waals surface area contributed by atoms with Crippen molar-refractivity contribution in [2.24, 2.45) is 5.73 Å². The highest BCUT2D eigenvalue weighted by molar-refractivity contribution is 5.81. The maximum absolute atomic E-state index is 14.9. The summed E-state index contributed by atoms with van der Waals surface area (Å²) in [7, 11) is 1.22. The van der Waals surface area contributed by atoms with Crippen LogP contribution in [0.4, 0.5) is 29.2 Å².